The Morgan fingerprint density at radius 3 is 1.77 bits per heavy atom. The molecule has 14 nitrogen and oxygen atoms in total. The van der Waals surface area contributed by atoms with E-state index in [1.54, 1.807) is 12.3 Å². The smallest absolute Gasteiger partial charge is 0.407 e. The summed E-state index contributed by atoms with van der Waals surface area (Å²) in [6.45, 7) is 0.364. The highest BCUT2D eigenvalue weighted by atomic mass is 19.4. The summed E-state index contributed by atoms with van der Waals surface area (Å²) in [4.78, 5) is 68.1. The molecule has 0 saturated carbocycles. The summed E-state index contributed by atoms with van der Waals surface area (Å²) in [6.07, 6.45) is -11.3. The second-order valence-corrected chi connectivity index (χ2v) is 13.5. The number of ether oxygens (including phenoxy) is 2. The number of amides is 4. The summed E-state index contributed by atoms with van der Waals surface area (Å²) < 4.78 is 88.6. The molecule has 4 atom stereocenters. The third-order valence-corrected chi connectivity index (χ3v) is 9.75. The van der Waals surface area contributed by atoms with Crippen LogP contribution in [0.3, 0.4) is 0 Å². The molecule has 2 aromatic heterocycles. The molecule has 0 radical (unpaired) electrons. The number of H-pyrrole nitrogens is 2. The fraction of sp³-hybridized carbons (Fsp3) is 0.444. The summed E-state index contributed by atoms with van der Waals surface area (Å²) >= 11 is 0. The Kier molecular flexibility index (Phi) is 11.5. The Bertz CT molecular complexity index is 2070. The van der Waals surface area contributed by atoms with Crippen molar-refractivity contribution in [1.82, 2.24) is 40.4 Å². The number of nitrogens with one attached hydrogen (secondary N) is 4. The average Bonchev–Trinajstić information content (AvgIpc) is 3.98. The number of methoxy groups -OCH3 is 2. The topological polar surface area (TPSA) is 175 Å². The number of carbonyl (C=O) groups is 4. The minimum Gasteiger partial charge on any atom is -0.453 e. The van der Waals surface area contributed by atoms with Crippen LogP contribution in [-0.4, -0.2) is 105 Å². The van der Waals surface area contributed by atoms with E-state index in [-0.39, 0.29) is 13.1 Å². The van der Waals surface area contributed by atoms with E-state index >= 15 is 0 Å². The second kappa shape index (κ2) is 16.1. The Hall–Kier alpha value is -5.82. The predicted octanol–water partition coefficient (Wildman–Crippen LogP) is 6.30. The van der Waals surface area contributed by atoms with Crippen molar-refractivity contribution in [3.8, 4) is 22.4 Å². The number of halogens is 6. The van der Waals surface area contributed by atoms with Crippen LogP contribution in [0.1, 0.15) is 62.3 Å². The molecular formula is C36H38F6N8O6. The molecule has 300 valence electrons. The number of aromatic nitrogens is 4. The van der Waals surface area contributed by atoms with Crippen molar-refractivity contribution < 1.29 is 55.0 Å². The predicted molar refractivity (Wildman–Crippen MR) is 186 cm³/mol. The molecule has 20 heteroatoms. The Morgan fingerprint density at radius 2 is 1.25 bits per heavy atom. The maximum atomic E-state index is 13.3. The molecule has 4 heterocycles. The summed E-state index contributed by atoms with van der Waals surface area (Å²) in [7, 11) is 1.99. The van der Waals surface area contributed by atoms with E-state index in [0.29, 0.717) is 54.1 Å². The van der Waals surface area contributed by atoms with Gasteiger partial charge in [0.25, 0.3) is 0 Å². The van der Waals surface area contributed by atoms with Crippen LogP contribution in [0.15, 0.2) is 48.7 Å². The highest BCUT2D eigenvalue weighted by Gasteiger charge is 2.43. The van der Waals surface area contributed by atoms with Gasteiger partial charge in [-0.25, -0.2) is 19.6 Å². The summed E-state index contributed by atoms with van der Waals surface area (Å²) in [5.41, 5.74) is 4.20. The third kappa shape index (κ3) is 9.16. The Morgan fingerprint density at radius 1 is 0.750 bits per heavy atom. The van der Waals surface area contributed by atoms with Crippen LogP contribution >= 0.6 is 0 Å². The second-order valence-electron chi connectivity index (χ2n) is 13.5. The van der Waals surface area contributed by atoms with Gasteiger partial charge >= 0.3 is 24.5 Å². The highest BCUT2D eigenvalue weighted by molar-refractivity contribution is 5.87. The van der Waals surface area contributed by atoms with Crippen molar-refractivity contribution in [3.63, 3.8) is 0 Å². The van der Waals surface area contributed by atoms with Gasteiger partial charge in [-0.1, -0.05) is 30.3 Å². The number of carbonyl (C=O) groups excluding carboxylic acids is 4. The van der Waals surface area contributed by atoms with Gasteiger partial charge in [0.15, 0.2) is 0 Å². The van der Waals surface area contributed by atoms with Crippen molar-refractivity contribution in [2.45, 2.75) is 75.0 Å². The van der Waals surface area contributed by atoms with Gasteiger partial charge in [-0.3, -0.25) is 9.59 Å². The number of hydrogen-bond donors (Lipinski definition) is 4. The minimum atomic E-state index is -4.72. The first-order valence-electron chi connectivity index (χ1n) is 17.6. The number of rotatable bonds is 10. The number of aromatic amines is 2. The van der Waals surface area contributed by atoms with Gasteiger partial charge < -0.3 is 39.9 Å². The van der Waals surface area contributed by atoms with Gasteiger partial charge in [-0.2, -0.15) is 26.3 Å². The standard InChI is InChI=1S/C36H38F6N8O6/c1-55-33(53)47-24(16-35(37,38)39)31(51)49-13-3-5-27(49)29-43-18-26(46-29)20-9-7-19(8-10-20)21-11-12-22-23(15-21)45-30(44-22)28-6-4-14-50(28)32(52)25(17-36(40,41)42)48-34(54)56-2/h7-12,15,18,24-25,27-28H,3-6,13-14,16-17H2,1-2H3,(H,43,46)(H,44,45)(H,47,53)(H,48,54)/t24-,25-,27-,28-/m0/s1. The van der Waals surface area contributed by atoms with Crippen LogP contribution in [0, 0.1) is 0 Å². The lowest BCUT2D eigenvalue weighted by Gasteiger charge is -2.28. The van der Waals surface area contributed by atoms with Crippen molar-refractivity contribution >= 4 is 35.0 Å². The van der Waals surface area contributed by atoms with E-state index < -0.39 is 73.4 Å². The SMILES string of the molecule is COC(=O)N[C@@H](CC(F)(F)F)C(=O)N1CCC[C@H]1c1ncc(-c2ccc(-c3ccc4nc([C@@H]5CCCN5C(=O)[C@H](CC(F)(F)F)NC(=O)OC)[nH]c4c3)cc2)[nH]1. The molecular weight excluding hydrogens is 754 g/mol. The molecule has 2 aromatic carbocycles. The lowest BCUT2D eigenvalue weighted by atomic mass is 10.0. The molecule has 4 aromatic rings. The minimum absolute atomic E-state index is 0.182. The molecule has 0 bridgehead atoms. The number of imidazole rings is 2. The molecule has 0 unspecified atom stereocenters. The zero-order chi connectivity index (χ0) is 40.4. The number of benzene rings is 2. The van der Waals surface area contributed by atoms with Crippen LogP contribution in [0.5, 0.6) is 0 Å². The first kappa shape index (κ1) is 39.9. The maximum Gasteiger partial charge on any atom is 0.407 e. The average molecular weight is 793 g/mol. The van der Waals surface area contributed by atoms with E-state index in [9.17, 15) is 45.5 Å². The van der Waals surface area contributed by atoms with Crippen LogP contribution < -0.4 is 10.6 Å². The van der Waals surface area contributed by atoms with Crippen LogP contribution in [0.4, 0.5) is 35.9 Å². The lowest BCUT2D eigenvalue weighted by molar-refractivity contribution is -0.154. The van der Waals surface area contributed by atoms with E-state index in [1.165, 1.54) is 9.80 Å². The normalized spacial score (nSPS) is 18.5. The van der Waals surface area contributed by atoms with E-state index in [1.807, 2.05) is 47.0 Å². The van der Waals surface area contributed by atoms with Crippen LogP contribution in [-0.2, 0) is 19.1 Å². The number of hydrogen-bond acceptors (Lipinski definition) is 8. The number of likely N-dealkylation sites (tertiary alicyclic amines) is 2. The number of nitrogens with zero attached hydrogens (tertiary/aromatic N) is 4. The van der Waals surface area contributed by atoms with Crippen molar-refractivity contribution in [1.29, 1.82) is 0 Å². The van der Waals surface area contributed by atoms with Gasteiger partial charge in [-0.05, 0) is 54.5 Å². The first-order valence-corrected chi connectivity index (χ1v) is 17.6. The van der Waals surface area contributed by atoms with E-state index in [4.69, 9.17) is 0 Å². The molecule has 2 aliphatic rings. The monoisotopic (exact) mass is 792 g/mol. The fourth-order valence-electron chi connectivity index (χ4n) is 7.16. The molecule has 2 saturated heterocycles. The molecule has 4 amide bonds. The summed E-state index contributed by atoms with van der Waals surface area (Å²) in [5.74, 6) is -0.999. The number of alkyl carbamates (subject to hydrolysis) is 2. The van der Waals surface area contributed by atoms with Crippen molar-refractivity contribution in [3.05, 3.63) is 60.3 Å². The molecule has 0 aliphatic carbocycles. The Labute approximate surface area is 315 Å². The fourth-order valence-corrected chi connectivity index (χ4v) is 7.16. The van der Waals surface area contributed by atoms with Crippen LogP contribution in [0.25, 0.3) is 33.4 Å². The zero-order valence-corrected chi connectivity index (χ0v) is 30.1. The van der Waals surface area contributed by atoms with Crippen molar-refractivity contribution in [2.75, 3.05) is 27.3 Å². The molecule has 0 spiro atoms. The van der Waals surface area contributed by atoms with Gasteiger partial charge in [0.1, 0.15) is 23.7 Å². The largest absolute Gasteiger partial charge is 0.453 e. The summed E-state index contributed by atoms with van der Waals surface area (Å²) in [5, 5.41) is 4.00. The maximum absolute atomic E-state index is 13.3. The van der Waals surface area contributed by atoms with Gasteiger partial charge in [0, 0.05) is 13.1 Å². The third-order valence-electron chi connectivity index (χ3n) is 9.75. The molecule has 2 aliphatic heterocycles. The van der Waals surface area contributed by atoms with Gasteiger partial charge in [0.2, 0.25) is 11.8 Å². The number of fused-ring (bicyclic) bond motifs is 1. The van der Waals surface area contributed by atoms with E-state index in [0.717, 1.165) is 30.9 Å². The molecule has 4 N–H and O–H groups in total. The van der Waals surface area contributed by atoms with Crippen molar-refractivity contribution in [2.24, 2.45) is 0 Å². The zero-order valence-electron chi connectivity index (χ0n) is 30.1. The number of alkyl halides is 6. The summed E-state index contributed by atoms with van der Waals surface area (Å²) in [6, 6.07) is 7.90. The van der Waals surface area contributed by atoms with Gasteiger partial charge in [0.05, 0.1) is 62.1 Å². The quantitative estimate of drug-likeness (QED) is 0.135. The highest BCUT2D eigenvalue weighted by Crippen LogP contribution is 2.36. The lowest BCUT2D eigenvalue weighted by Crippen LogP contribution is -2.50. The van der Waals surface area contributed by atoms with Gasteiger partial charge in [-0.15, -0.1) is 0 Å². The molecule has 2 fully saturated rings. The first-order chi connectivity index (χ1) is 26.5. The molecule has 56 heavy (non-hydrogen) atoms. The van der Waals surface area contributed by atoms with Crippen LogP contribution in [0.2, 0.25) is 0 Å². The molecule has 6 rings (SSSR count). The Balaban J connectivity index is 1.16. The van der Waals surface area contributed by atoms with E-state index in [2.05, 4.69) is 29.4 Å².